The van der Waals surface area contributed by atoms with Crippen LogP contribution in [0.15, 0.2) is 0 Å². The summed E-state index contributed by atoms with van der Waals surface area (Å²) in [6.07, 6.45) is 8.56. The number of rotatable bonds is 15. The van der Waals surface area contributed by atoms with Gasteiger partial charge in [-0.1, -0.05) is 47.0 Å². The first-order valence-electron chi connectivity index (χ1n) is 12.5. The molecule has 2 fully saturated rings. The Labute approximate surface area is 184 Å². The first kappa shape index (κ1) is 26.0. The highest BCUT2D eigenvalue weighted by Crippen LogP contribution is 2.32. The minimum Gasteiger partial charge on any atom is -0.379 e. The van der Waals surface area contributed by atoms with Crippen molar-refractivity contribution in [1.82, 2.24) is 0 Å². The SMILES string of the molecule is CCCOC[C@H]1O[C@H](OC2CCCCC2)[C@@H](OCCC)[C@@H](OCCC)[C@@H]1OCCC. The summed E-state index contributed by atoms with van der Waals surface area (Å²) in [6.45, 7) is 11.7. The Bertz CT molecular complexity index is 415. The first-order chi connectivity index (χ1) is 14.7. The van der Waals surface area contributed by atoms with Gasteiger partial charge in [-0.05, 0) is 38.5 Å². The molecule has 2 rings (SSSR count). The van der Waals surface area contributed by atoms with Gasteiger partial charge in [0.1, 0.15) is 24.4 Å². The zero-order valence-electron chi connectivity index (χ0n) is 19.8. The molecule has 0 aromatic rings. The molecule has 5 atom stereocenters. The summed E-state index contributed by atoms with van der Waals surface area (Å²) >= 11 is 0. The lowest BCUT2D eigenvalue weighted by Crippen LogP contribution is -2.62. The third kappa shape index (κ3) is 8.36. The Balaban J connectivity index is 2.20. The van der Waals surface area contributed by atoms with Gasteiger partial charge in [0.15, 0.2) is 6.29 Å². The molecule has 0 radical (unpaired) electrons. The molecule has 1 saturated heterocycles. The minimum absolute atomic E-state index is 0.221. The van der Waals surface area contributed by atoms with Crippen LogP contribution >= 0.6 is 0 Å². The smallest absolute Gasteiger partial charge is 0.187 e. The molecule has 0 aromatic heterocycles. The highest BCUT2D eigenvalue weighted by Gasteiger charge is 2.49. The lowest BCUT2D eigenvalue weighted by Gasteiger charge is -2.46. The Hall–Kier alpha value is -0.240. The van der Waals surface area contributed by atoms with Crippen molar-refractivity contribution in [3.05, 3.63) is 0 Å². The molecule has 6 nitrogen and oxygen atoms in total. The number of hydrogen-bond donors (Lipinski definition) is 0. The molecule has 0 N–H and O–H groups in total. The lowest BCUT2D eigenvalue weighted by molar-refractivity contribution is -0.333. The average molecular weight is 431 g/mol. The number of hydrogen-bond acceptors (Lipinski definition) is 6. The van der Waals surface area contributed by atoms with E-state index in [9.17, 15) is 0 Å². The standard InChI is InChI=1S/C24H46O6/c1-5-14-25-18-20-21(26-15-6-2)22(27-16-7-3)23(28-17-8-4)24(30-20)29-19-12-10-9-11-13-19/h19-24H,5-18H2,1-4H3/t20-,21-,22+,23+,24+/m1/s1. The van der Waals surface area contributed by atoms with Crippen LogP contribution in [0.1, 0.15) is 85.5 Å². The van der Waals surface area contributed by atoms with E-state index in [1.165, 1.54) is 19.3 Å². The molecular formula is C24H46O6. The van der Waals surface area contributed by atoms with Crippen molar-refractivity contribution < 1.29 is 28.4 Å². The summed E-state index contributed by atoms with van der Waals surface area (Å²) in [5, 5.41) is 0. The van der Waals surface area contributed by atoms with E-state index in [0.717, 1.165) is 38.5 Å². The van der Waals surface area contributed by atoms with Crippen LogP contribution in [-0.4, -0.2) is 69.8 Å². The maximum atomic E-state index is 6.50. The van der Waals surface area contributed by atoms with Gasteiger partial charge in [0.25, 0.3) is 0 Å². The van der Waals surface area contributed by atoms with Crippen LogP contribution in [0.25, 0.3) is 0 Å². The molecule has 0 aromatic carbocycles. The highest BCUT2D eigenvalue weighted by molar-refractivity contribution is 4.93. The Morgan fingerprint density at radius 3 is 1.83 bits per heavy atom. The van der Waals surface area contributed by atoms with Crippen molar-refractivity contribution in [2.45, 2.75) is 122 Å². The molecule has 178 valence electrons. The summed E-state index contributed by atoms with van der Waals surface area (Å²) in [4.78, 5) is 0. The maximum absolute atomic E-state index is 6.50. The van der Waals surface area contributed by atoms with Crippen LogP contribution in [0.2, 0.25) is 0 Å². The van der Waals surface area contributed by atoms with E-state index in [4.69, 9.17) is 28.4 Å². The van der Waals surface area contributed by atoms with E-state index in [1.807, 2.05) is 0 Å². The minimum atomic E-state index is -0.446. The second kappa shape index (κ2) is 15.5. The molecule has 6 heteroatoms. The zero-order chi connectivity index (χ0) is 21.6. The van der Waals surface area contributed by atoms with E-state index in [0.29, 0.717) is 33.0 Å². The molecule has 1 saturated carbocycles. The Kier molecular flexibility index (Phi) is 13.5. The van der Waals surface area contributed by atoms with E-state index in [1.54, 1.807) is 0 Å². The predicted octanol–water partition coefficient (Wildman–Crippen LogP) is 4.87. The largest absolute Gasteiger partial charge is 0.379 e. The molecule has 30 heavy (non-hydrogen) atoms. The summed E-state index contributed by atoms with van der Waals surface area (Å²) in [5.74, 6) is 0. The van der Waals surface area contributed by atoms with E-state index >= 15 is 0 Å². The van der Waals surface area contributed by atoms with E-state index < -0.39 is 6.29 Å². The third-order valence-corrected chi connectivity index (χ3v) is 5.64. The molecule has 0 bridgehead atoms. The summed E-state index contributed by atoms with van der Waals surface area (Å²) in [7, 11) is 0. The van der Waals surface area contributed by atoms with Crippen molar-refractivity contribution >= 4 is 0 Å². The van der Waals surface area contributed by atoms with E-state index in [2.05, 4.69) is 27.7 Å². The fourth-order valence-corrected chi connectivity index (χ4v) is 4.19. The molecule has 2 aliphatic rings. The Morgan fingerprint density at radius 2 is 1.23 bits per heavy atom. The highest BCUT2D eigenvalue weighted by atomic mass is 16.7. The van der Waals surface area contributed by atoms with Crippen LogP contribution in [0.3, 0.4) is 0 Å². The van der Waals surface area contributed by atoms with E-state index in [-0.39, 0.29) is 30.5 Å². The topological polar surface area (TPSA) is 55.4 Å². The zero-order valence-corrected chi connectivity index (χ0v) is 19.8. The second-order valence-electron chi connectivity index (χ2n) is 8.52. The van der Waals surface area contributed by atoms with Gasteiger partial charge >= 0.3 is 0 Å². The van der Waals surface area contributed by atoms with Gasteiger partial charge in [0.05, 0.1) is 12.7 Å². The number of ether oxygens (including phenoxy) is 6. The van der Waals surface area contributed by atoms with Gasteiger partial charge in [-0.15, -0.1) is 0 Å². The Morgan fingerprint density at radius 1 is 0.667 bits per heavy atom. The molecular weight excluding hydrogens is 384 g/mol. The van der Waals surface area contributed by atoms with Crippen molar-refractivity contribution in [1.29, 1.82) is 0 Å². The molecule has 1 aliphatic carbocycles. The average Bonchev–Trinajstić information content (AvgIpc) is 2.77. The quantitative estimate of drug-likeness (QED) is 0.345. The molecule has 1 aliphatic heterocycles. The van der Waals surface area contributed by atoms with Crippen molar-refractivity contribution in [2.75, 3.05) is 33.0 Å². The third-order valence-electron chi connectivity index (χ3n) is 5.64. The lowest BCUT2D eigenvalue weighted by atomic mass is 9.96. The van der Waals surface area contributed by atoms with Crippen molar-refractivity contribution in [3.8, 4) is 0 Å². The molecule has 0 spiro atoms. The van der Waals surface area contributed by atoms with Crippen LogP contribution in [-0.2, 0) is 28.4 Å². The molecule has 0 unspecified atom stereocenters. The summed E-state index contributed by atoms with van der Waals surface area (Å²) in [6, 6.07) is 0. The van der Waals surface area contributed by atoms with Crippen molar-refractivity contribution in [2.24, 2.45) is 0 Å². The fraction of sp³-hybridized carbons (Fsp3) is 1.00. The first-order valence-corrected chi connectivity index (χ1v) is 12.5. The van der Waals surface area contributed by atoms with Gasteiger partial charge in [0, 0.05) is 26.4 Å². The summed E-state index contributed by atoms with van der Waals surface area (Å²) < 4.78 is 37.8. The van der Waals surface area contributed by atoms with Gasteiger partial charge in [-0.2, -0.15) is 0 Å². The van der Waals surface area contributed by atoms with Gasteiger partial charge in [-0.25, -0.2) is 0 Å². The maximum Gasteiger partial charge on any atom is 0.187 e. The predicted molar refractivity (Wildman–Crippen MR) is 118 cm³/mol. The van der Waals surface area contributed by atoms with Crippen LogP contribution < -0.4 is 0 Å². The second-order valence-corrected chi connectivity index (χ2v) is 8.52. The van der Waals surface area contributed by atoms with Crippen LogP contribution in [0.5, 0.6) is 0 Å². The van der Waals surface area contributed by atoms with Crippen LogP contribution in [0, 0.1) is 0 Å². The fourth-order valence-electron chi connectivity index (χ4n) is 4.19. The van der Waals surface area contributed by atoms with Crippen molar-refractivity contribution in [3.63, 3.8) is 0 Å². The normalized spacial score (nSPS) is 30.6. The van der Waals surface area contributed by atoms with Gasteiger partial charge in [0.2, 0.25) is 0 Å². The monoisotopic (exact) mass is 430 g/mol. The van der Waals surface area contributed by atoms with Gasteiger partial charge in [-0.3, -0.25) is 0 Å². The molecule has 0 amide bonds. The van der Waals surface area contributed by atoms with Crippen LogP contribution in [0.4, 0.5) is 0 Å². The van der Waals surface area contributed by atoms with Gasteiger partial charge < -0.3 is 28.4 Å². The summed E-state index contributed by atoms with van der Waals surface area (Å²) in [5.41, 5.74) is 0. The molecule has 1 heterocycles.